The van der Waals surface area contributed by atoms with Crippen LogP contribution in [0.1, 0.15) is 39.0 Å². The number of likely N-dealkylation sites (tertiary alicyclic amines) is 1. The summed E-state index contributed by atoms with van der Waals surface area (Å²) in [6, 6.07) is 0. The molecule has 0 aromatic heterocycles. The van der Waals surface area contributed by atoms with Crippen LogP contribution in [0.3, 0.4) is 0 Å². The van der Waals surface area contributed by atoms with Gasteiger partial charge in [0.1, 0.15) is 0 Å². The van der Waals surface area contributed by atoms with E-state index in [1.807, 2.05) is 0 Å². The molecular formula is C15H26N2O. The molecule has 2 aliphatic carbocycles. The molecular weight excluding hydrogens is 224 g/mol. The molecule has 1 N–H and O–H groups in total. The van der Waals surface area contributed by atoms with Gasteiger partial charge in [0.2, 0.25) is 5.91 Å². The topological polar surface area (TPSA) is 32.3 Å². The number of piperidine rings is 1. The Hall–Kier alpha value is -0.570. The number of hydrogen-bond donors (Lipinski definition) is 1. The lowest BCUT2D eigenvalue weighted by Crippen LogP contribution is -2.42. The zero-order valence-corrected chi connectivity index (χ0v) is 11.5. The minimum Gasteiger partial charge on any atom is -0.342 e. The zero-order valence-electron chi connectivity index (χ0n) is 11.5. The van der Waals surface area contributed by atoms with Crippen LogP contribution >= 0.6 is 0 Å². The summed E-state index contributed by atoms with van der Waals surface area (Å²) in [7, 11) is 0. The van der Waals surface area contributed by atoms with E-state index in [4.69, 9.17) is 0 Å². The van der Waals surface area contributed by atoms with E-state index in [9.17, 15) is 4.79 Å². The SMILES string of the molecule is CCNCC1CCN(C(=O)C2C3CCCC32)CC1. The fourth-order valence-electron chi connectivity index (χ4n) is 4.10. The number of carbonyl (C=O) groups excluding carboxylic acids is 1. The molecule has 3 aliphatic rings. The molecule has 0 bridgehead atoms. The van der Waals surface area contributed by atoms with Crippen molar-refractivity contribution >= 4 is 5.91 Å². The molecule has 3 rings (SSSR count). The Labute approximate surface area is 110 Å². The Morgan fingerprint density at radius 3 is 2.44 bits per heavy atom. The van der Waals surface area contributed by atoms with Gasteiger partial charge in [0.25, 0.3) is 0 Å². The highest BCUT2D eigenvalue weighted by Crippen LogP contribution is 2.58. The normalized spacial score (nSPS) is 35.6. The number of fused-ring (bicyclic) bond motifs is 1. The summed E-state index contributed by atoms with van der Waals surface area (Å²) in [5.41, 5.74) is 0. The van der Waals surface area contributed by atoms with Gasteiger partial charge in [0.05, 0.1) is 0 Å². The van der Waals surface area contributed by atoms with Crippen LogP contribution in [0.25, 0.3) is 0 Å². The van der Waals surface area contributed by atoms with Crippen molar-refractivity contribution in [2.75, 3.05) is 26.2 Å². The maximum absolute atomic E-state index is 12.4. The molecule has 2 unspecified atom stereocenters. The Morgan fingerprint density at radius 1 is 1.17 bits per heavy atom. The molecule has 3 nitrogen and oxygen atoms in total. The van der Waals surface area contributed by atoms with Gasteiger partial charge in [0.15, 0.2) is 0 Å². The van der Waals surface area contributed by atoms with Crippen molar-refractivity contribution in [1.29, 1.82) is 0 Å². The summed E-state index contributed by atoms with van der Waals surface area (Å²) < 4.78 is 0. The van der Waals surface area contributed by atoms with Crippen molar-refractivity contribution in [3.8, 4) is 0 Å². The average Bonchev–Trinajstić information content (AvgIpc) is 2.88. The standard InChI is InChI=1S/C15H26N2O/c1-2-16-10-11-6-8-17(9-7-11)15(18)14-12-4-3-5-13(12)14/h11-14,16H,2-10H2,1H3. The maximum Gasteiger partial charge on any atom is 0.226 e. The highest BCUT2D eigenvalue weighted by molar-refractivity contribution is 5.82. The Kier molecular flexibility index (Phi) is 3.60. The lowest BCUT2D eigenvalue weighted by atomic mass is 9.96. The van der Waals surface area contributed by atoms with Gasteiger partial charge in [0, 0.05) is 19.0 Å². The smallest absolute Gasteiger partial charge is 0.226 e. The lowest BCUT2D eigenvalue weighted by Gasteiger charge is -2.32. The molecule has 2 atom stereocenters. The second-order valence-corrected chi connectivity index (χ2v) is 6.36. The van der Waals surface area contributed by atoms with Crippen molar-refractivity contribution in [3.63, 3.8) is 0 Å². The van der Waals surface area contributed by atoms with Crippen LogP contribution in [0.5, 0.6) is 0 Å². The summed E-state index contributed by atoms with van der Waals surface area (Å²) in [6.07, 6.45) is 6.39. The first-order chi connectivity index (χ1) is 8.81. The van der Waals surface area contributed by atoms with Gasteiger partial charge in [-0.1, -0.05) is 13.3 Å². The summed E-state index contributed by atoms with van der Waals surface area (Å²) in [5, 5.41) is 3.43. The summed E-state index contributed by atoms with van der Waals surface area (Å²) in [4.78, 5) is 14.6. The van der Waals surface area contributed by atoms with Gasteiger partial charge in [-0.2, -0.15) is 0 Å². The van der Waals surface area contributed by atoms with E-state index in [0.717, 1.165) is 43.9 Å². The maximum atomic E-state index is 12.4. The van der Waals surface area contributed by atoms with Crippen LogP contribution in [-0.4, -0.2) is 37.0 Å². The third-order valence-electron chi connectivity index (χ3n) is 5.30. The minimum atomic E-state index is 0.434. The predicted octanol–water partition coefficient (Wildman–Crippen LogP) is 1.88. The van der Waals surface area contributed by atoms with Gasteiger partial charge in [-0.15, -0.1) is 0 Å². The fourth-order valence-corrected chi connectivity index (χ4v) is 4.10. The van der Waals surface area contributed by atoms with Gasteiger partial charge < -0.3 is 10.2 Å². The minimum absolute atomic E-state index is 0.434. The largest absolute Gasteiger partial charge is 0.342 e. The third kappa shape index (κ3) is 2.29. The van der Waals surface area contributed by atoms with Crippen LogP contribution in [0.4, 0.5) is 0 Å². The summed E-state index contributed by atoms with van der Waals surface area (Å²) in [5.74, 6) is 3.26. The molecule has 0 aromatic rings. The molecule has 1 heterocycles. The van der Waals surface area contributed by atoms with E-state index >= 15 is 0 Å². The highest BCUT2D eigenvalue weighted by atomic mass is 16.2. The van der Waals surface area contributed by atoms with Crippen molar-refractivity contribution in [2.45, 2.75) is 39.0 Å². The monoisotopic (exact) mass is 250 g/mol. The van der Waals surface area contributed by atoms with Gasteiger partial charge in [-0.05, 0) is 56.5 Å². The molecule has 1 saturated heterocycles. The van der Waals surface area contributed by atoms with Crippen molar-refractivity contribution < 1.29 is 4.79 Å². The Bertz CT molecular complexity index is 300. The van der Waals surface area contributed by atoms with Crippen molar-refractivity contribution in [1.82, 2.24) is 10.2 Å². The van der Waals surface area contributed by atoms with Crippen LogP contribution in [0.15, 0.2) is 0 Å². The van der Waals surface area contributed by atoms with Crippen LogP contribution in [0.2, 0.25) is 0 Å². The molecule has 18 heavy (non-hydrogen) atoms. The van der Waals surface area contributed by atoms with E-state index in [1.54, 1.807) is 0 Å². The van der Waals surface area contributed by atoms with Gasteiger partial charge >= 0.3 is 0 Å². The van der Waals surface area contributed by atoms with E-state index in [-0.39, 0.29) is 0 Å². The number of hydrogen-bond acceptors (Lipinski definition) is 2. The molecule has 1 amide bonds. The second kappa shape index (κ2) is 5.20. The molecule has 2 saturated carbocycles. The zero-order chi connectivity index (χ0) is 12.5. The number of nitrogens with zero attached hydrogens (tertiary/aromatic N) is 1. The molecule has 1 aliphatic heterocycles. The first kappa shape index (κ1) is 12.5. The van der Waals surface area contributed by atoms with E-state index in [2.05, 4.69) is 17.1 Å². The number of rotatable bonds is 4. The van der Waals surface area contributed by atoms with Crippen LogP contribution < -0.4 is 5.32 Å². The van der Waals surface area contributed by atoms with Crippen LogP contribution in [-0.2, 0) is 4.79 Å². The second-order valence-electron chi connectivity index (χ2n) is 6.36. The number of amides is 1. The summed E-state index contributed by atoms with van der Waals surface area (Å²) >= 11 is 0. The third-order valence-corrected chi connectivity index (χ3v) is 5.30. The first-order valence-corrected chi connectivity index (χ1v) is 7.80. The predicted molar refractivity (Wildman–Crippen MR) is 72.2 cm³/mol. The number of carbonyl (C=O) groups is 1. The van der Waals surface area contributed by atoms with Gasteiger partial charge in [-0.25, -0.2) is 0 Å². The van der Waals surface area contributed by atoms with Crippen molar-refractivity contribution in [2.24, 2.45) is 23.7 Å². The first-order valence-electron chi connectivity index (χ1n) is 7.80. The molecule has 0 spiro atoms. The fraction of sp³-hybridized carbons (Fsp3) is 0.933. The Morgan fingerprint density at radius 2 is 1.83 bits per heavy atom. The number of nitrogens with one attached hydrogen (secondary N) is 1. The van der Waals surface area contributed by atoms with E-state index < -0.39 is 0 Å². The molecule has 102 valence electrons. The van der Waals surface area contributed by atoms with E-state index in [0.29, 0.717) is 11.8 Å². The average molecular weight is 250 g/mol. The lowest BCUT2D eigenvalue weighted by molar-refractivity contribution is -0.134. The highest BCUT2D eigenvalue weighted by Gasteiger charge is 2.57. The Balaban J connectivity index is 1.44. The molecule has 3 fully saturated rings. The van der Waals surface area contributed by atoms with Crippen molar-refractivity contribution in [3.05, 3.63) is 0 Å². The summed E-state index contributed by atoms with van der Waals surface area (Å²) in [6.45, 7) is 6.36. The van der Waals surface area contributed by atoms with Gasteiger partial charge in [-0.3, -0.25) is 4.79 Å². The van der Waals surface area contributed by atoms with Crippen LogP contribution in [0, 0.1) is 23.7 Å². The molecule has 0 aromatic carbocycles. The molecule has 0 radical (unpaired) electrons. The molecule has 3 heteroatoms. The quantitative estimate of drug-likeness (QED) is 0.826. The van der Waals surface area contributed by atoms with E-state index in [1.165, 1.54) is 32.1 Å².